The van der Waals surface area contributed by atoms with Crippen LogP contribution in [-0.4, -0.2) is 32.5 Å². The zero-order valence-corrected chi connectivity index (χ0v) is 6.96. The van der Waals surface area contributed by atoms with Crippen LogP contribution in [0.2, 0.25) is 0 Å². The van der Waals surface area contributed by atoms with E-state index in [1.165, 1.54) is 0 Å². The van der Waals surface area contributed by atoms with Crippen LogP contribution in [0.15, 0.2) is 0 Å². The molecule has 3 heteroatoms. The molecule has 2 unspecified atom stereocenters. The summed E-state index contributed by atoms with van der Waals surface area (Å²) in [5.74, 6) is 0. The van der Waals surface area contributed by atoms with Crippen molar-refractivity contribution >= 4 is 0 Å². The van der Waals surface area contributed by atoms with Crippen LogP contribution in [0.4, 0.5) is 0 Å². The van der Waals surface area contributed by atoms with Crippen LogP contribution in [-0.2, 0) is 9.47 Å². The van der Waals surface area contributed by atoms with Gasteiger partial charge in [-0.2, -0.15) is 0 Å². The molecule has 0 amide bonds. The van der Waals surface area contributed by atoms with Gasteiger partial charge in [-0.15, -0.1) is 0 Å². The molecule has 0 aliphatic rings. The molecule has 0 saturated heterocycles. The Morgan fingerprint density at radius 3 is 2.30 bits per heavy atom. The summed E-state index contributed by atoms with van der Waals surface area (Å²) in [4.78, 5) is 0. The molecule has 0 fully saturated rings. The molecule has 10 heavy (non-hydrogen) atoms. The van der Waals surface area contributed by atoms with Gasteiger partial charge < -0.3 is 15.2 Å². The summed E-state index contributed by atoms with van der Waals surface area (Å²) in [5, 5.41) is 0. The second-order valence-electron chi connectivity index (χ2n) is 2.45. The topological polar surface area (TPSA) is 44.5 Å². The Hall–Kier alpha value is -0.120. The van der Waals surface area contributed by atoms with Crippen molar-refractivity contribution in [3.8, 4) is 0 Å². The molecule has 62 valence electrons. The molecule has 0 aromatic carbocycles. The lowest BCUT2D eigenvalue weighted by atomic mass is 10.4. The first-order valence-electron chi connectivity index (χ1n) is 3.55. The minimum absolute atomic E-state index is 0.130. The number of ether oxygens (including phenoxy) is 2. The largest absolute Gasteiger partial charge is 0.382 e. The smallest absolute Gasteiger partial charge is 0.0784 e. The number of methoxy groups -OCH3 is 1. The first-order valence-corrected chi connectivity index (χ1v) is 3.55. The van der Waals surface area contributed by atoms with Gasteiger partial charge in [0.25, 0.3) is 0 Å². The maximum absolute atomic E-state index is 5.39. The zero-order chi connectivity index (χ0) is 7.98. The van der Waals surface area contributed by atoms with Gasteiger partial charge in [0.05, 0.1) is 18.8 Å². The second kappa shape index (κ2) is 5.65. The summed E-state index contributed by atoms with van der Waals surface area (Å²) in [7, 11) is 1.66. The monoisotopic (exact) mass is 147 g/mol. The SMILES string of the molecule is COCC(C)OC(C)CN. The highest BCUT2D eigenvalue weighted by Gasteiger charge is 2.05. The summed E-state index contributed by atoms with van der Waals surface area (Å²) < 4.78 is 10.3. The molecule has 0 aromatic rings. The summed E-state index contributed by atoms with van der Waals surface area (Å²) in [6.07, 6.45) is 0.272. The van der Waals surface area contributed by atoms with Crippen molar-refractivity contribution < 1.29 is 9.47 Å². The molecule has 2 atom stereocenters. The minimum Gasteiger partial charge on any atom is -0.382 e. The molecule has 0 aliphatic carbocycles. The molecule has 0 aliphatic heterocycles. The van der Waals surface area contributed by atoms with Gasteiger partial charge in [0.1, 0.15) is 0 Å². The predicted octanol–water partition coefficient (Wildman–Crippen LogP) is 0.385. The lowest BCUT2D eigenvalue weighted by Gasteiger charge is -2.16. The van der Waals surface area contributed by atoms with Crippen LogP contribution in [0.5, 0.6) is 0 Å². The average molecular weight is 147 g/mol. The van der Waals surface area contributed by atoms with Crippen molar-refractivity contribution in [3.05, 3.63) is 0 Å². The van der Waals surface area contributed by atoms with Gasteiger partial charge in [-0.3, -0.25) is 0 Å². The van der Waals surface area contributed by atoms with E-state index in [-0.39, 0.29) is 12.2 Å². The third-order valence-electron chi connectivity index (χ3n) is 1.20. The van der Waals surface area contributed by atoms with Crippen LogP contribution >= 0.6 is 0 Å². The minimum atomic E-state index is 0.130. The zero-order valence-electron chi connectivity index (χ0n) is 6.96. The van der Waals surface area contributed by atoms with Gasteiger partial charge >= 0.3 is 0 Å². The molecule has 0 bridgehead atoms. The van der Waals surface area contributed by atoms with E-state index in [9.17, 15) is 0 Å². The summed E-state index contributed by atoms with van der Waals surface area (Å²) in [5.41, 5.74) is 5.35. The third kappa shape index (κ3) is 4.73. The van der Waals surface area contributed by atoms with E-state index in [0.717, 1.165) is 0 Å². The summed E-state index contributed by atoms with van der Waals surface area (Å²) >= 11 is 0. The standard InChI is InChI=1S/C7H17NO2/c1-6(4-8)10-7(2)5-9-3/h6-7H,4-5,8H2,1-3H3. The Bertz CT molecular complexity index is 78.0. The Balaban J connectivity index is 3.27. The Kier molecular flexibility index (Phi) is 5.58. The molecule has 3 nitrogen and oxygen atoms in total. The van der Waals surface area contributed by atoms with E-state index in [1.807, 2.05) is 13.8 Å². The van der Waals surface area contributed by atoms with Crippen molar-refractivity contribution in [2.75, 3.05) is 20.3 Å². The number of hydrogen-bond donors (Lipinski definition) is 1. The fourth-order valence-corrected chi connectivity index (χ4v) is 0.726. The van der Waals surface area contributed by atoms with Crippen molar-refractivity contribution in [1.82, 2.24) is 0 Å². The van der Waals surface area contributed by atoms with Crippen LogP contribution in [0, 0.1) is 0 Å². The fraction of sp³-hybridized carbons (Fsp3) is 1.00. The van der Waals surface area contributed by atoms with Crippen molar-refractivity contribution in [2.45, 2.75) is 26.1 Å². The van der Waals surface area contributed by atoms with E-state index < -0.39 is 0 Å². The molecule has 0 radical (unpaired) electrons. The van der Waals surface area contributed by atoms with E-state index >= 15 is 0 Å². The second-order valence-corrected chi connectivity index (χ2v) is 2.45. The van der Waals surface area contributed by atoms with E-state index in [4.69, 9.17) is 15.2 Å². The maximum Gasteiger partial charge on any atom is 0.0784 e. The van der Waals surface area contributed by atoms with Gasteiger partial charge in [0.2, 0.25) is 0 Å². The van der Waals surface area contributed by atoms with Gasteiger partial charge in [-0.05, 0) is 13.8 Å². The molecule has 0 heterocycles. The fourth-order valence-electron chi connectivity index (χ4n) is 0.726. The molecule has 0 aromatic heterocycles. The number of hydrogen-bond acceptors (Lipinski definition) is 3. The van der Waals surface area contributed by atoms with Crippen LogP contribution < -0.4 is 5.73 Å². The first-order chi connectivity index (χ1) is 4.70. The molecule has 0 rings (SSSR count). The molecule has 0 spiro atoms. The maximum atomic E-state index is 5.39. The molecular weight excluding hydrogens is 130 g/mol. The van der Waals surface area contributed by atoms with E-state index in [0.29, 0.717) is 13.2 Å². The lowest BCUT2D eigenvalue weighted by Crippen LogP contribution is -2.27. The van der Waals surface area contributed by atoms with E-state index in [1.54, 1.807) is 7.11 Å². The van der Waals surface area contributed by atoms with Crippen molar-refractivity contribution in [1.29, 1.82) is 0 Å². The summed E-state index contributed by atoms with van der Waals surface area (Å²) in [6, 6.07) is 0. The predicted molar refractivity (Wildman–Crippen MR) is 40.9 cm³/mol. The highest BCUT2D eigenvalue weighted by molar-refractivity contribution is 4.53. The van der Waals surface area contributed by atoms with Crippen LogP contribution in [0.1, 0.15) is 13.8 Å². The van der Waals surface area contributed by atoms with Crippen molar-refractivity contribution in [3.63, 3.8) is 0 Å². The average Bonchev–Trinajstić information content (AvgIpc) is 1.88. The highest BCUT2D eigenvalue weighted by atomic mass is 16.5. The Morgan fingerprint density at radius 1 is 1.30 bits per heavy atom. The van der Waals surface area contributed by atoms with Crippen LogP contribution in [0.3, 0.4) is 0 Å². The first kappa shape index (κ1) is 9.88. The molecule has 0 saturated carbocycles. The molecule has 2 N–H and O–H groups in total. The molecular formula is C7H17NO2. The Labute approximate surface area is 62.5 Å². The van der Waals surface area contributed by atoms with Crippen molar-refractivity contribution in [2.24, 2.45) is 5.73 Å². The van der Waals surface area contributed by atoms with Crippen LogP contribution in [0.25, 0.3) is 0 Å². The van der Waals surface area contributed by atoms with Gasteiger partial charge in [-0.1, -0.05) is 0 Å². The van der Waals surface area contributed by atoms with Gasteiger partial charge in [-0.25, -0.2) is 0 Å². The third-order valence-corrected chi connectivity index (χ3v) is 1.20. The summed E-state index contributed by atoms with van der Waals surface area (Å²) in [6.45, 7) is 5.11. The van der Waals surface area contributed by atoms with Gasteiger partial charge in [0.15, 0.2) is 0 Å². The van der Waals surface area contributed by atoms with E-state index in [2.05, 4.69) is 0 Å². The number of nitrogens with two attached hydrogens (primary N) is 1. The number of rotatable bonds is 5. The Morgan fingerprint density at radius 2 is 1.90 bits per heavy atom. The van der Waals surface area contributed by atoms with Gasteiger partial charge in [0, 0.05) is 13.7 Å². The quantitative estimate of drug-likeness (QED) is 0.611. The highest BCUT2D eigenvalue weighted by Crippen LogP contribution is 1.95. The normalized spacial score (nSPS) is 16.8. The lowest BCUT2D eigenvalue weighted by molar-refractivity contribution is -0.0270.